The SMILES string of the molecule is CC1CCC(CN2C(=O)NC3(CCNCC3)C2=O)O1. The van der Waals surface area contributed by atoms with Gasteiger partial charge < -0.3 is 15.4 Å². The van der Waals surface area contributed by atoms with Gasteiger partial charge in [0.1, 0.15) is 5.54 Å². The van der Waals surface area contributed by atoms with Crippen molar-refractivity contribution in [3.8, 4) is 0 Å². The minimum atomic E-state index is -0.660. The van der Waals surface area contributed by atoms with Crippen molar-refractivity contribution in [1.82, 2.24) is 15.5 Å². The number of carbonyl (C=O) groups excluding carboxylic acids is 2. The van der Waals surface area contributed by atoms with Crippen molar-refractivity contribution >= 4 is 11.9 Å². The molecule has 6 heteroatoms. The van der Waals surface area contributed by atoms with Crippen molar-refractivity contribution in [3.05, 3.63) is 0 Å². The Morgan fingerprint density at radius 2 is 2.05 bits per heavy atom. The third-order valence-corrected chi connectivity index (χ3v) is 4.41. The number of ether oxygens (including phenoxy) is 1. The molecular formula is C13H21N3O3. The highest BCUT2D eigenvalue weighted by atomic mass is 16.5. The number of carbonyl (C=O) groups is 2. The van der Waals surface area contributed by atoms with Gasteiger partial charge in [0.15, 0.2) is 0 Å². The lowest BCUT2D eigenvalue weighted by molar-refractivity contribution is -0.133. The molecule has 2 atom stereocenters. The first kappa shape index (κ1) is 12.9. The van der Waals surface area contributed by atoms with Gasteiger partial charge in [0.05, 0.1) is 18.8 Å². The molecular weight excluding hydrogens is 246 g/mol. The third-order valence-electron chi connectivity index (χ3n) is 4.41. The van der Waals surface area contributed by atoms with Gasteiger partial charge in [-0.1, -0.05) is 0 Å². The summed E-state index contributed by atoms with van der Waals surface area (Å²) in [4.78, 5) is 25.9. The molecule has 3 saturated heterocycles. The van der Waals surface area contributed by atoms with E-state index in [1.165, 1.54) is 4.90 Å². The smallest absolute Gasteiger partial charge is 0.325 e. The van der Waals surface area contributed by atoms with Crippen molar-refractivity contribution < 1.29 is 14.3 Å². The van der Waals surface area contributed by atoms with Crippen LogP contribution in [0.1, 0.15) is 32.6 Å². The van der Waals surface area contributed by atoms with Crippen LogP contribution in [0.3, 0.4) is 0 Å². The van der Waals surface area contributed by atoms with E-state index >= 15 is 0 Å². The van der Waals surface area contributed by atoms with Gasteiger partial charge in [-0.2, -0.15) is 0 Å². The zero-order valence-corrected chi connectivity index (χ0v) is 11.3. The van der Waals surface area contributed by atoms with Gasteiger partial charge in [0, 0.05) is 0 Å². The largest absolute Gasteiger partial charge is 0.373 e. The number of piperidine rings is 1. The summed E-state index contributed by atoms with van der Waals surface area (Å²) in [5, 5.41) is 6.11. The van der Waals surface area contributed by atoms with Crippen LogP contribution in [0.25, 0.3) is 0 Å². The van der Waals surface area contributed by atoms with E-state index < -0.39 is 5.54 Å². The summed E-state index contributed by atoms with van der Waals surface area (Å²) in [6.07, 6.45) is 3.52. The second-order valence-corrected chi connectivity index (χ2v) is 5.82. The summed E-state index contributed by atoms with van der Waals surface area (Å²) in [6.45, 7) is 3.97. The minimum Gasteiger partial charge on any atom is -0.373 e. The van der Waals surface area contributed by atoms with Crippen LogP contribution in [0.5, 0.6) is 0 Å². The summed E-state index contributed by atoms with van der Waals surface area (Å²) in [7, 11) is 0. The number of imide groups is 1. The fraction of sp³-hybridized carbons (Fsp3) is 0.846. The Hall–Kier alpha value is -1.14. The van der Waals surface area contributed by atoms with Gasteiger partial charge in [-0.05, 0) is 45.7 Å². The Kier molecular flexibility index (Phi) is 3.22. The normalized spacial score (nSPS) is 34.1. The lowest BCUT2D eigenvalue weighted by Gasteiger charge is -2.31. The number of rotatable bonds is 2. The van der Waals surface area contributed by atoms with Crippen molar-refractivity contribution in [2.75, 3.05) is 19.6 Å². The fourth-order valence-electron chi connectivity index (χ4n) is 3.26. The third kappa shape index (κ3) is 2.23. The molecule has 0 aromatic heterocycles. The number of hydrogen-bond acceptors (Lipinski definition) is 4. The van der Waals surface area contributed by atoms with Crippen molar-refractivity contribution in [3.63, 3.8) is 0 Å². The molecule has 0 aliphatic carbocycles. The van der Waals surface area contributed by atoms with Crippen LogP contribution in [0.15, 0.2) is 0 Å². The van der Waals surface area contributed by atoms with E-state index in [1.54, 1.807) is 0 Å². The van der Waals surface area contributed by atoms with Crippen LogP contribution in [0, 0.1) is 0 Å². The van der Waals surface area contributed by atoms with Gasteiger partial charge in [0.25, 0.3) is 5.91 Å². The first-order valence-corrected chi connectivity index (χ1v) is 7.11. The molecule has 0 aromatic carbocycles. The maximum Gasteiger partial charge on any atom is 0.325 e. The highest BCUT2D eigenvalue weighted by molar-refractivity contribution is 6.07. The Bertz CT molecular complexity index is 393. The van der Waals surface area contributed by atoms with Gasteiger partial charge >= 0.3 is 6.03 Å². The number of nitrogens with zero attached hydrogens (tertiary/aromatic N) is 1. The summed E-state index contributed by atoms with van der Waals surface area (Å²) < 4.78 is 5.71. The lowest BCUT2D eigenvalue weighted by Crippen LogP contribution is -2.54. The topological polar surface area (TPSA) is 70.7 Å². The standard InChI is InChI=1S/C13H21N3O3/c1-9-2-3-10(19-9)8-16-11(17)13(15-12(16)18)4-6-14-7-5-13/h9-10,14H,2-8H2,1H3,(H,15,18). The Labute approximate surface area is 112 Å². The molecule has 0 saturated carbocycles. The van der Waals surface area contributed by atoms with Gasteiger partial charge in [-0.25, -0.2) is 4.79 Å². The second-order valence-electron chi connectivity index (χ2n) is 5.82. The Morgan fingerprint density at radius 1 is 1.32 bits per heavy atom. The van der Waals surface area contributed by atoms with Crippen LogP contribution < -0.4 is 10.6 Å². The summed E-state index contributed by atoms with van der Waals surface area (Å²) in [5.41, 5.74) is -0.660. The van der Waals surface area contributed by atoms with Gasteiger partial charge in [0.2, 0.25) is 0 Å². The molecule has 3 aliphatic rings. The molecule has 0 radical (unpaired) electrons. The van der Waals surface area contributed by atoms with E-state index in [4.69, 9.17) is 4.74 Å². The molecule has 0 aromatic rings. The van der Waals surface area contributed by atoms with E-state index in [0.29, 0.717) is 19.4 Å². The molecule has 106 valence electrons. The van der Waals surface area contributed by atoms with E-state index in [2.05, 4.69) is 10.6 Å². The van der Waals surface area contributed by atoms with E-state index in [0.717, 1.165) is 25.9 Å². The van der Waals surface area contributed by atoms with Crippen molar-refractivity contribution in [2.24, 2.45) is 0 Å². The average molecular weight is 267 g/mol. The number of nitrogens with one attached hydrogen (secondary N) is 2. The van der Waals surface area contributed by atoms with E-state index in [-0.39, 0.29) is 24.1 Å². The number of hydrogen-bond donors (Lipinski definition) is 2. The number of urea groups is 1. The number of amides is 3. The van der Waals surface area contributed by atoms with E-state index in [9.17, 15) is 9.59 Å². The lowest BCUT2D eigenvalue weighted by atomic mass is 9.88. The molecule has 3 fully saturated rings. The average Bonchev–Trinajstić information content (AvgIpc) is 2.89. The molecule has 0 bridgehead atoms. The molecule has 19 heavy (non-hydrogen) atoms. The molecule has 2 N–H and O–H groups in total. The highest BCUT2D eigenvalue weighted by Crippen LogP contribution is 2.28. The summed E-state index contributed by atoms with van der Waals surface area (Å²) in [6, 6.07) is -0.255. The zero-order chi connectivity index (χ0) is 13.5. The van der Waals surface area contributed by atoms with Gasteiger partial charge in [-0.3, -0.25) is 9.69 Å². The van der Waals surface area contributed by atoms with Gasteiger partial charge in [-0.15, -0.1) is 0 Å². The fourth-order valence-corrected chi connectivity index (χ4v) is 3.26. The quantitative estimate of drug-likeness (QED) is 0.703. The first-order valence-electron chi connectivity index (χ1n) is 7.11. The van der Waals surface area contributed by atoms with E-state index in [1.807, 2.05) is 6.92 Å². The molecule has 3 aliphatic heterocycles. The zero-order valence-electron chi connectivity index (χ0n) is 11.3. The molecule has 2 unspecified atom stereocenters. The first-order chi connectivity index (χ1) is 9.11. The molecule has 1 spiro atoms. The maximum atomic E-state index is 12.5. The van der Waals surface area contributed by atoms with Crippen LogP contribution in [0.4, 0.5) is 4.79 Å². The van der Waals surface area contributed by atoms with Crippen LogP contribution >= 0.6 is 0 Å². The monoisotopic (exact) mass is 267 g/mol. The second kappa shape index (κ2) is 4.76. The minimum absolute atomic E-state index is 0.00145. The molecule has 6 nitrogen and oxygen atoms in total. The predicted molar refractivity (Wildman–Crippen MR) is 68.6 cm³/mol. The van der Waals surface area contributed by atoms with Crippen molar-refractivity contribution in [2.45, 2.75) is 50.4 Å². The van der Waals surface area contributed by atoms with Crippen LogP contribution in [0.2, 0.25) is 0 Å². The molecule has 3 rings (SSSR count). The molecule has 3 heterocycles. The summed E-state index contributed by atoms with van der Waals surface area (Å²) >= 11 is 0. The van der Waals surface area contributed by atoms with Crippen molar-refractivity contribution in [1.29, 1.82) is 0 Å². The highest BCUT2D eigenvalue weighted by Gasteiger charge is 2.51. The molecule has 3 amide bonds. The maximum absolute atomic E-state index is 12.5. The van der Waals surface area contributed by atoms with Crippen LogP contribution in [-0.2, 0) is 9.53 Å². The summed E-state index contributed by atoms with van der Waals surface area (Å²) in [5.74, 6) is -0.0675. The van der Waals surface area contributed by atoms with Crippen LogP contribution in [-0.4, -0.2) is 54.2 Å². The Morgan fingerprint density at radius 3 is 2.68 bits per heavy atom. The Balaban J connectivity index is 1.69. The predicted octanol–water partition coefficient (Wildman–Crippen LogP) is 0.228.